The van der Waals surface area contributed by atoms with Crippen LogP contribution in [0.1, 0.15) is 54.1 Å². The van der Waals surface area contributed by atoms with Crippen LogP contribution in [-0.2, 0) is 4.79 Å². The molecule has 1 aliphatic rings. The van der Waals surface area contributed by atoms with Crippen molar-refractivity contribution >= 4 is 17.7 Å². The number of nitrogens with zero attached hydrogens (tertiary/aromatic N) is 3. The number of carbonyl (C=O) groups is 3. The molecule has 0 bridgehead atoms. The van der Waals surface area contributed by atoms with Crippen LogP contribution in [0, 0.1) is 0 Å². The standard InChI is InChI=1S/C18H26N4O3/c1-3-4-5-9-19-17(24)15-7-6-8-16(20-15)18(25)22-12-10-21(11-13-22)14(2)23/h6-8H,3-5,9-13H2,1-2H3,(H,19,24). The summed E-state index contributed by atoms with van der Waals surface area (Å²) in [6.07, 6.45) is 3.09. The molecule has 25 heavy (non-hydrogen) atoms. The van der Waals surface area contributed by atoms with Crippen LogP contribution in [0.2, 0.25) is 0 Å². The summed E-state index contributed by atoms with van der Waals surface area (Å²) in [7, 11) is 0. The molecule has 1 aromatic rings. The van der Waals surface area contributed by atoms with Gasteiger partial charge in [0.1, 0.15) is 11.4 Å². The Balaban J connectivity index is 1.95. The summed E-state index contributed by atoms with van der Waals surface area (Å²) >= 11 is 0. The second kappa shape index (κ2) is 9.15. The van der Waals surface area contributed by atoms with Gasteiger partial charge in [-0.2, -0.15) is 0 Å². The Bertz CT molecular complexity index is 625. The first kappa shape index (κ1) is 18.9. The van der Waals surface area contributed by atoms with Crippen molar-refractivity contribution in [2.24, 2.45) is 0 Å². The van der Waals surface area contributed by atoms with Crippen LogP contribution in [0.15, 0.2) is 18.2 Å². The number of rotatable bonds is 6. The molecule has 0 spiro atoms. The molecule has 1 aromatic heterocycles. The van der Waals surface area contributed by atoms with Crippen LogP contribution in [-0.4, -0.2) is 65.2 Å². The molecule has 1 fully saturated rings. The van der Waals surface area contributed by atoms with Crippen LogP contribution in [0.5, 0.6) is 0 Å². The molecule has 136 valence electrons. The third kappa shape index (κ3) is 5.27. The predicted octanol–water partition coefficient (Wildman–Crippen LogP) is 1.31. The first-order chi connectivity index (χ1) is 12.0. The molecule has 0 aromatic carbocycles. The van der Waals surface area contributed by atoms with Crippen molar-refractivity contribution in [1.29, 1.82) is 0 Å². The van der Waals surface area contributed by atoms with E-state index in [4.69, 9.17) is 0 Å². The normalized spacial score (nSPS) is 14.3. The Labute approximate surface area is 148 Å². The number of hydrogen-bond donors (Lipinski definition) is 1. The average molecular weight is 346 g/mol. The summed E-state index contributed by atoms with van der Waals surface area (Å²) in [5.74, 6) is -0.442. The fraction of sp³-hybridized carbons (Fsp3) is 0.556. The maximum absolute atomic E-state index is 12.6. The van der Waals surface area contributed by atoms with Crippen molar-refractivity contribution in [3.63, 3.8) is 0 Å². The van der Waals surface area contributed by atoms with Crippen molar-refractivity contribution in [2.75, 3.05) is 32.7 Å². The van der Waals surface area contributed by atoms with Gasteiger partial charge in [-0.1, -0.05) is 25.8 Å². The minimum Gasteiger partial charge on any atom is -0.351 e. The minimum atomic E-state index is -0.257. The molecule has 0 radical (unpaired) electrons. The van der Waals surface area contributed by atoms with Crippen LogP contribution in [0.4, 0.5) is 0 Å². The first-order valence-electron chi connectivity index (χ1n) is 8.83. The summed E-state index contributed by atoms with van der Waals surface area (Å²) in [5.41, 5.74) is 0.516. The number of amides is 3. The Morgan fingerprint density at radius 1 is 1.04 bits per heavy atom. The van der Waals surface area contributed by atoms with Gasteiger partial charge in [0.2, 0.25) is 5.91 Å². The quantitative estimate of drug-likeness (QED) is 0.787. The van der Waals surface area contributed by atoms with Gasteiger partial charge in [-0.05, 0) is 18.6 Å². The number of pyridine rings is 1. The number of piperazine rings is 1. The van der Waals surface area contributed by atoms with Gasteiger partial charge in [-0.3, -0.25) is 14.4 Å². The van der Waals surface area contributed by atoms with Crippen molar-refractivity contribution in [1.82, 2.24) is 20.1 Å². The molecular weight excluding hydrogens is 320 g/mol. The van der Waals surface area contributed by atoms with Crippen LogP contribution < -0.4 is 5.32 Å². The van der Waals surface area contributed by atoms with E-state index in [-0.39, 0.29) is 29.1 Å². The average Bonchev–Trinajstić information content (AvgIpc) is 2.64. The second-order valence-corrected chi connectivity index (χ2v) is 6.17. The number of hydrogen-bond acceptors (Lipinski definition) is 4. The van der Waals surface area contributed by atoms with Gasteiger partial charge >= 0.3 is 0 Å². The number of carbonyl (C=O) groups excluding carboxylic acids is 3. The van der Waals surface area contributed by atoms with Gasteiger partial charge in [0.15, 0.2) is 0 Å². The van der Waals surface area contributed by atoms with Crippen LogP contribution in [0.25, 0.3) is 0 Å². The number of unbranched alkanes of at least 4 members (excludes halogenated alkanes) is 2. The lowest BCUT2D eigenvalue weighted by Crippen LogP contribution is -2.50. The molecular formula is C18H26N4O3. The molecule has 0 unspecified atom stereocenters. The fourth-order valence-corrected chi connectivity index (χ4v) is 2.73. The summed E-state index contributed by atoms with van der Waals surface area (Å²) in [6, 6.07) is 4.90. The predicted molar refractivity (Wildman–Crippen MR) is 94.3 cm³/mol. The summed E-state index contributed by atoms with van der Waals surface area (Å²) in [5, 5.41) is 2.83. The van der Waals surface area contributed by atoms with E-state index in [1.165, 1.54) is 6.92 Å². The second-order valence-electron chi connectivity index (χ2n) is 6.17. The highest BCUT2D eigenvalue weighted by atomic mass is 16.2. The largest absolute Gasteiger partial charge is 0.351 e. The van der Waals surface area contributed by atoms with E-state index < -0.39 is 0 Å². The van der Waals surface area contributed by atoms with E-state index in [9.17, 15) is 14.4 Å². The van der Waals surface area contributed by atoms with Gasteiger partial charge in [-0.25, -0.2) is 4.98 Å². The zero-order valence-corrected chi connectivity index (χ0v) is 15.0. The summed E-state index contributed by atoms with van der Waals surface area (Å²) in [4.78, 5) is 43.7. The molecule has 3 amide bonds. The lowest BCUT2D eigenvalue weighted by atomic mass is 10.2. The highest BCUT2D eigenvalue weighted by molar-refractivity contribution is 5.96. The van der Waals surface area contributed by atoms with Gasteiger partial charge in [0.05, 0.1) is 0 Å². The van der Waals surface area contributed by atoms with E-state index in [0.29, 0.717) is 32.7 Å². The van der Waals surface area contributed by atoms with E-state index in [1.54, 1.807) is 28.0 Å². The molecule has 0 atom stereocenters. The Morgan fingerprint density at radius 3 is 2.32 bits per heavy atom. The lowest BCUT2D eigenvalue weighted by Gasteiger charge is -2.34. The van der Waals surface area contributed by atoms with E-state index in [0.717, 1.165) is 19.3 Å². The van der Waals surface area contributed by atoms with E-state index in [1.807, 2.05) is 0 Å². The first-order valence-corrected chi connectivity index (χ1v) is 8.83. The third-order valence-electron chi connectivity index (χ3n) is 4.28. The molecule has 7 nitrogen and oxygen atoms in total. The zero-order valence-electron chi connectivity index (χ0n) is 15.0. The van der Waals surface area contributed by atoms with Crippen LogP contribution >= 0.6 is 0 Å². The van der Waals surface area contributed by atoms with Gasteiger partial charge in [0.25, 0.3) is 11.8 Å². The maximum atomic E-state index is 12.6. The highest BCUT2D eigenvalue weighted by Gasteiger charge is 2.24. The summed E-state index contributed by atoms with van der Waals surface area (Å²) < 4.78 is 0. The van der Waals surface area contributed by atoms with Crippen LogP contribution in [0.3, 0.4) is 0 Å². The summed E-state index contributed by atoms with van der Waals surface area (Å²) in [6.45, 7) is 6.26. The molecule has 7 heteroatoms. The van der Waals surface area contributed by atoms with Gasteiger partial charge < -0.3 is 15.1 Å². The fourth-order valence-electron chi connectivity index (χ4n) is 2.73. The zero-order chi connectivity index (χ0) is 18.2. The van der Waals surface area contributed by atoms with Crippen molar-refractivity contribution in [3.8, 4) is 0 Å². The molecule has 1 N–H and O–H groups in total. The molecule has 0 saturated carbocycles. The highest BCUT2D eigenvalue weighted by Crippen LogP contribution is 2.08. The number of aromatic nitrogens is 1. The molecule has 0 aliphatic carbocycles. The molecule has 1 saturated heterocycles. The van der Waals surface area contributed by atoms with Gasteiger partial charge in [0, 0.05) is 39.6 Å². The van der Waals surface area contributed by atoms with Crippen molar-refractivity contribution in [2.45, 2.75) is 33.1 Å². The molecule has 1 aliphatic heterocycles. The van der Waals surface area contributed by atoms with Crippen molar-refractivity contribution < 1.29 is 14.4 Å². The SMILES string of the molecule is CCCCCNC(=O)c1cccc(C(=O)N2CCN(C(C)=O)CC2)n1. The topological polar surface area (TPSA) is 82.6 Å². The lowest BCUT2D eigenvalue weighted by molar-refractivity contribution is -0.130. The molecule has 2 rings (SSSR count). The molecule has 2 heterocycles. The number of nitrogens with one attached hydrogen (secondary N) is 1. The van der Waals surface area contributed by atoms with E-state index >= 15 is 0 Å². The minimum absolute atomic E-state index is 0.0203. The monoisotopic (exact) mass is 346 g/mol. The Hall–Kier alpha value is -2.44. The smallest absolute Gasteiger partial charge is 0.272 e. The Kier molecular flexibility index (Phi) is 6.91. The maximum Gasteiger partial charge on any atom is 0.272 e. The third-order valence-corrected chi connectivity index (χ3v) is 4.28. The van der Waals surface area contributed by atoms with E-state index in [2.05, 4.69) is 17.2 Å². The Morgan fingerprint density at radius 2 is 1.68 bits per heavy atom. The van der Waals surface area contributed by atoms with Gasteiger partial charge in [-0.15, -0.1) is 0 Å². The van der Waals surface area contributed by atoms with Crippen molar-refractivity contribution in [3.05, 3.63) is 29.6 Å².